The third-order valence-electron chi connectivity index (χ3n) is 2.41. The van der Waals surface area contributed by atoms with Crippen molar-refractivity contribution in [3.63, 3.8) is 0 Å². The van der Waals surface area contributed by atoms with E-state index in [0.29, 0.717) is 33.0 Å². The zero-order valence-electron chi connectivity index (χ0n) is 11.8. The Balaban J connectivity index is 3.48. The molecular weight excluding hydrogens is 232 g/mol. The predicted molar refractivity (Wildman–Crippen MR) is 70.4 cm³/mol. The number of rotatable bonds is 12. The van der Waals surface area contributed by atoms with Gasteiger partial charge >= 0.3 is 0 Å². The summed E-state index contributed by atoms with van der Waals surface area (Å²) in [5.74, 6) is 0. The normalized spacial score (nSPS) is 14.1. The molecule has 0 saturated carbocycles. The van der Waals surface area contributed by atoms with Gasteiger partial charge in [-0.2, -0.15) is 5.26 Å². The van der Waals surface area contributed by atoms with Gasteiger partial charge in [0.1, 0.15) is 5.54 Å². The van der Waals surface area contributed by atoms with E-state index >= 15 is 0 Å². The van der Waals surface area contributed by atoms with Crippen LogP contribution in [0.1, 0.15) is 26.7 Å². The van der Waals surface area contributed by atoms with Crippen molar-refractivity contribution < 1.29 is 14.2 Å². The van der Waals surface area contributed by atoms with Crippen LogP contribution in [0.4, 0.5) is 0 Å². The van der Waals surface area contributed by atoms with Gasteiger partial charge in [-0.05, 0) is 26.3 Å². The van der Waals surface area contributed by atoms with Gasteiger partial charge in [0.25, 0.3) is 0 Å². The Morgan fingerprint density at radius 3 is 2.50 bits per heavy atom. The highest BCUT2D eigenvalue weighted by Gasteiger charge is 2.22. The maximum absolute atomic E-state index is 9.07. The second-order valence-corrected chi connectivity index (χ2v) is 4.38. The molecule has 0 aromatic carbocycles. The molecule has 1 N–H and O–H groups in total. The van der Waals surface area contributed by atoms with Crippen LogP contribution in [-0.4, -0.2) is 52.2 Å². The standard InChI is InChI=1S/C13H26N2O3/c1-4-6-15-13(2,11-14)12-18-10-9-17-8-5-7-16-3/h15H,4-10,12H2,1-3H3. The Morgan fingerprint density at radius 1 is 1.17 bits per heavy atom. The quantitative estimate of drug-likeness (QED) is 0.535. The molecule has 18 heavy (non-hydrogen) atoms. The van der Waals surface area contributed by atoms with E-state index in [4.69, 9.17) is 19.5 Å². The summed E-state index contributed by atoms with van der Waals surface area (Å²) in [5, 5.41) is 12.2. The minimum Gasteiger partial charge on any atom is -0.385 e. The highest BCUT2D eigenvalue weighted by molar-refractivity contribution is 5.03. The van der Waals surface area contributed by atoms with E-state index in [1.807, 2.05) is 6.92 Å². The van der Waals surface area contributed by atoms with Gasteiger partial charge < -0.3 is 14.2 Å². The molecule has 0 aliphatic carbocycles. The van der Waals surface area contributed by atoms with Crippen LogP contribution < -0.4 is 5.32 Å². The molecule has 0 aliphatic heterocycles. The first kappa shape index (κ1) is 17.3. The summed E-state index contributed by atoms with van der Waals surface area (Å²) in [6, 6.07) is 2.24. The molecule has 1 unspecified atom stereocenters. The summed E-state index contributed by atoms with van der Waals surface area (Å²) in [6.45, 7) is 7.58. The van der Waals surface area contributed by atoms with Crippen LogP contribution in [0.3, 0.4) is 0 Å². The van der Waals surface area contributed by atoms with Crippen LogP contribution in [0.5, 0.6) is 0 Å². The van der Waals surface area contributed by atoms with Crippen LogP contribution in [-0.2, 0) is 14.2 Å². The summed E-state index contributed by atoms with van der Waals surface area (Å²) >= 11 is 0. The summed E-state index contributed by atoms with van der Waals surface area (Å²) in [4.78, 5) is 0. The fraction of sp³-hybridized carbons (Fsp3) is 0.923. The van der Waals surface area contributed by atoms with E-state index in [2.05, 4.69) is 18.3 Å². The van der Waals surface area contributed by atoms with Crippen molar-refractivity contribution in [1.82, 2.24) is 5.32 Å². The van der Waals surface area contributed by atoms with Gasteiger partial charge in [0.15, 0.2) is 0 Å². The van der Waals surface area contributed by atoms with Crippen molar-refractivity contribution in [1.29, 1.82) is 5.26 Å². The van der Waals surface area contributed by atoms with Crippen molar-refractivity contribution in [2.24, 2.45) is 0 Å². The number of nitrogens with zero attached hydrogens (tertiary/aromatic N) is 1. The number of methoxy groups -OCH3 is 1. The Bertz CT molecular complexity index is 231. The van der Waals surface area contributed by atoms with Crippen LogP contribution in [0, 0.1) is 11.3 Å². The Labute approximate surface area is 110 Å². The summed E-state index contributed by atoms with van der Waals surface area (Å²) in [6.07, 6.45) is 1.89. The summed E-state index contributed by atoms with van der Waals surface area (Å²) < 4.78 is 15.7. The molecule has 0 saturated heterocycles. The molecule has 106 valence electrons. The van der Waals surface area contributed by atoms with Crippen LogP contribution in [0.2, 0.25) is 0 Å². The Hall–Kier alpha value is -0.670. The second kappa shape index (κ2) is 11.4. The third kappa shape index (κ3) is 9.37. The first-order valence-electron chi connectivity index (χ1n) is 6.49. The topological polar surface area (TPSA) is 63.5 Å². The summed E-state index contributed by atoms with van der Waals surface area (Å²) in [5.41, 5.74) is -0.605. The zero-order chi connectivity index (χ0) is 13.7. The van der Waals surface area contributed by atoms with Gasteiger partial charge in [-0.25, -0.2) is 0 Å². The van der Waals surface area contributed by atoms with Crippen molar-refractivity contribution in [2.45, 2.75) is 32.2 Å². The molecule has 0 bridgehead atoms. The molecule has 0 radical (unpaired) electrons. The van der Waals surface area contributed by atoms with Crippen LogP contribution in [0.15, 0.2) is 0 Å². The van der Waals surface area contributed by atoms with Crippen molar-refractivity contribution >= 4 is 0 Å². The number of hydrogen-bond acceptors (Lipinski definition) is 5. The van der Waals surface area contributed by atoms with E-state index in [-0.39, 0.29) is 0 Å². The van der Waals surface area contributed by atoms with E-state index in [0.717, 1.165) is 19.4 Å². The number of nitrogens with one attached hydrogen (secondary N) is 1. The molecular formula is C13H26N2O3. The lowest BCUT2D eigenvalue weighted by atomic mass is 10.1. The van der Waals surface area contributed by atoms with Gasteiger partial charge in [-0.1, -0.05) is 6.92 Å². The lowest BCUT2D eigenvalue weighted by Gasteiger charge is -2.22. The van der Waals surface area contributed by atoms with Gasteiger partial charge in [0.2, 0.25) is 0 Å². The van der Waals surface area contributed by atoms with Gasteiger partial charge in [0.05, 0.1) is 25.9 Å². The fourth-order valence-corrected chi connectivity index (χ4v) is 1.33. The molecule has 0 aromatic rings. The number of ether oxygens (including phenoxy) is 3. The molecule has 0 aliphatic rings. The Morgan fingerprint density at radius 2 is 1.89 bits per heavy atom. The largest absolute Gasteiger partial charge is 0.385 e. The molecule has 0 amide bonds. The molecule has 0 aromatic heterocycles. The monoisotopic (exact) mass is 258 g/mol. The van der Waals surface area contributed by atoms with E-state index in [9.17, 15) is 0 Å². The molecule has 0 heterocycles. The first-order chi connectivity index (χ1) is 8.68. The highest BCUT2D eigenvalue weighted by atomic mass is 16.5. The van der Waals surface area contributed by atoms with E-state index < -0.39 is 5.54 Å². The molecule has 0 spiro atoms. The van der Waals surface area contributed by atoms with Gasteiger partial charge in [0, 0.05) is 20.3 Å². The minimum atomic E-state index is -0.605. The van der Waals surface area contributed by atoms with Crippen LogP contribution >= 0.6 is 0 Å². The lowest BCUT2D eigenvalue weighted by molar-refractivity contribution is 0.0266. The van der Waals surface area contributed by atoms with Gasteiger partial charge in [-0.3, -0.25) is 5.32 Å². The first-order valence-corrected chi connectivity index (χ1v) is 6.49. The molecule has 5 heteroatoms. The average molecular weight is 258 g/mol. The van der Waals surface area contributed by atoms with Crippen molar-refractivity contribution in [3.8, 4) is 6.07 Å². The SMILES string of the molecule is CCCNC(C)(C#N)COCCOCCCOC. The zero-order valence-corrected chi connectivity index (χ0v) is 11.8. The Kier molecular flexibility index (Phi) is 11.0. The van der Waals surface area contributed by atoms with Crippen LogP contribution in [0.25, 0.3) is 0 Å². The second-order valence-electron chi connectivity index (χ2n) is 4.38. The number of hydrogen-bond donors (Lipinski definition) is 1. The summed E-state index contributed by atoms with van der Waals surface area (Å²) in [7, 11) is 1.68. The van der Waals surface area contributed by atoms with Gasteiger partial charge in [-0.15, -0.1) is 0 Å². The van der Waals surface area contributed by atoms with E-state index in [1.165, 1.54) is 0 Å². The molecule has 1 atom stereocenters. The van der Waals surface area contributed by atoms with Crippen molar-refractivity contribution in [3.05, 3.63) is 0 Å². The lowest BCUT2D eigenvalue weighted by Crippen LogP contribution is -2.45. The minimum absolute atomic E-state index is 0.380. The number of nitriles is 1. The maximum atomic E-state index is 9.07. The van der Waals surface area contributed by atoms with E-state index in [1.54, 1.807) is 7.11 Å². The highest BCUT2D eigenvalue weighted by Crippen LogP contribution is 2.02. The van der Waals surface area contributed by atoms with Crippen molar-refractivity contribution in [2.75, 3.05) is 46.7 Å². The molecule has 0 rings (SSSR count). The maximum Gasteiger partial charge on any atom is 0.127 e. The predicted octanol–water partition coefficient (Wildman–Crippen LogP) is 1.34. The molecule has 5 nitrogen and oxygen atoms in total. The third-order valence-corrected chi connectivity index (χ3v) is 2.41. The average Bonchev–Trinajstić information content (AvgIpc) is 2.39. The fourth-order valence-electron chi connectivity index (χ4n) is 1.33. The smallest absolute Gasteiger partial charge is 0.127 e. The molecule has 0 fully saturated rings.